The van der Waals surface area contributed by atoms with Gasteiger partial charge in [0.1, 0.15) is 0 Å². The fourth-order valence-electron chi connectivity index (χ4n) is 0.951. The predicted octanol–water partition coefficient (Wildman–Crippen LogP) is 2.38. The summed E-state index contributed by atoms with van der Waals surface area (Å²) in [5.74, 6) is 0. The average molecular weight is 194 g/mol. The first-order valence-corrected chi connectivity index (χ1v) is 4.72. The van der Waals surface area contributed by atoms with Gasteiger partial charge in [0, 0.05) is 11.7 Å². The van der Waals surface area contributed by atoms with E-state index < -0.39 is 0 Å². The van der Waals surface area contributed by atoms with Gasteiger partial charge in [0.25, 0.3) is 0 Å². The van der Waals surface area contributed by atoms with Crippen molar-refractivity contribution < 1.29 is 0 Å². The fraction of sp³-hybridized carbons (Fsp3) is 0.300. The number of anilines is 1. The van der Waals surface area contributed by atoms with Gasteiger partial charge in [0.15, 0.2) is 5.11 Å². The molecule has 0 aliphatic rings. The van der Waals surface area contributed by atoms with E-state index in [9.17, 15) is 0 Å². The molecule has 70 valence electrons. The number of hydrogen-bond donors (Lipinski definition) is 2. The van der Waals surface area contributed by atoms with Crippen LogP contribution in [0.15, 0.2) is 30.3 Å². The van der Waals surface area contributed by atoms with Crippen LogP contribution < -0.4 is 10.6 Å². The molecule has 0 radical (unpaired) electrons. The molecule has 1 rings (SSSR count). The van der Waals surface area contributed by atoms with E-state index >= 15 is 0 Å². The van der Waals surface area contributed by atoms with Crippen molar-refractivity contribution in [2.75, 3.05) is 5.32 Å². The minimum atomic E-state index is 0.365. The van der Waals surface area contributed by atoms with Crippen LogP contribution in [-0.4, -0.2) is 11.2 Å². The number of benzene rings is 1. The van der Waals surface area contributed by atoms with Crippen molar-refractivity contribution in [2.45, 2.75) is 19.9 Å². The minimum absolute atomic E-state index is 0.365. The van der Waals surface area contributed by atoms with Crippen LogP contribution in [0.5, 0.6) is 0 Å². The summed E-state index contributed by atoms with van der Waals surface area (Å²) in [4.78, 5) is 0. The Kier molecular flexibility index (Phi) is 3.71. The van der Waals surface area contributed by atoms with Gasteiger partial charge in [0.05, 0.1) is 0 Å². The van der Waals surface area contributed by atoms with E-state index in [0.717, 1.165) is 5.69 Å². The van der Waals surface area contributed by atoms with Gasteiger partial charge in [-0.1, -0.05) is 18.2 Å². The highest BCUT2D eigenvalue weighted by molar-refractivity contribution is 7.80. The van der Waals surface area contributed by atoms with E-state index in [0.29, 0.717) is 11.2 Å². The Morgan fingerprint density at radius 3 is 2.38 bits per heavy atom. The van der Waals surface area contributed by atoms with Crippen LogP contribution in [0.2, 0.25) is 0 Å². The lowest BCUT2D eigenvalue weighted by molar-refractivity contribution is 0.739. The monoisotopic (exact) mass is 194 g/mol. The zero-order chi connectivity index (χ0) is 9.68. The van der Waals surface area contributed by atoms with Crippen molar-refractivity contribution in [3.63, 3.8) is 0 Å². The summed E-state index contributed by atoms with van der Waals surface area (Å²) in [6, 6.07) is 10.2. The molecule has 13 heavy (non-hydrogen) atoms. The minimum Gasteiger partial charge on any atom is -0.360 e. The van der Waals surface area contributed by atoms with Crippen LogP contribution >= 0.6 is 12.2 Å². The molecule has 0 saturated carbocycles. The van der Waals surface area contributed by atoms with E-state index in [1.54, 1.807) is 0 Å². The Hall–Kier alpha value is -1.09. The van der Waals surface area contributed by atoms with Crippen molar-refractivity contribution in [2.24, 2.45) is 0 Å². The third-order valence-electron chi connectivity index (χ3n) is 1.45. The van der Waals surface area contributed by atoms with E-state index in [1.165, 1.54) is 0 Å². The molecule has 1 aromatic rings. The third kappa shape index (κ3) is 3.90. The average Bonchev–Trinajstić information content (AvgIpc) is 2.04. The maximum absolute atomic E-state index is 5.09. The molecule has 0 fully saturated rings. The lowest BCUT2D eigenvalue weighted by atomic mass is 10.3. The van der Waals surface area contributed by atoms with Gasteiger partial charge < -0.3 is 10.6 Å². The number of para-hydroxylation sites is 1. The second-order valence-corrected chi connectivity index (χ2v) is 3.53. The van der Waals surface area contributed by atoms with E-state index in [-0.39, 0.29) is 0 Å². The molecule has 0 amide bonds. The highest BCUT2D eigenvalue weighted by Crippen LogP contribution is 2.04. The van der Waals surface area contributed by atoms with Gasteiger partial charge in [0.2, 0.25) is 0 Å². The van der Waals surface area contributed by atoms with Gasteiger partial charge in [-0.05, 0) is 38.2 Å². The molecule has 0 aromatic heterocycles. The Labute approximate surface area is 84.3 Å². The number of nitrogens with one attached hydrogen (secondary N) is 2. The van der Waals surface area contributed by atoms with Gasteiger partial charge in [-0.25, -0.2) is 0 Å². The van der Waals surface area contributed by atoms with Crippen molar-refractivity contribution in [1.29, 1.82) is 0 Å². The largest absolute Gasteiger partial charge is 0.360 e. The van der Waals surface area contributed by atoms with Crippen molar-refractivity contribution in [3.05, 3.63) is 30.3 Å². The van der Waals surface area contributed by atoms with Crippen LogP contribution in [-0.2, 0) is 0 Å². The van der Waals surface area contributed by atoms with Crippen molar-refractivity contribution >= 4 is 23.0 Å². The molecule has 0 aliphatic carbocycles. The highest BCUT2D eigenvalue weighted by Gasteiger charge is 1.97. The second-order valence-electron chi connectivity index (χ2n) is 3.12. The van der Waals surface area contributed by atoms with Gasteiger partial charge >= 0.3 is 0 Å². The Bertz CT molecular complexity index is 270. The molecule has 0 heterocycles. The summed E-state index contributed by atoms with van der Waals surface area (Å²) >= 11 is 5.09. The fourth-order valence-corrected chi connectivity index (χ4v) is 1.30. The van der Waals surface area contributed by atoms with Crippen LogP contribution in [0.25, 0.3) is 0 Å². The first-order valence-electron chi connectivity index (χ1n) is 4.31. The topological polar surface area (TPSA) is 24.1 Å². The standard InChI is InChI=1S/C10H14N2S/c1-8(2)11-10(13)12-9-6-4-3-5-7-9/h3-8H,1-2H3,(H2,11,12,13). The Balaban J connectivity index is 2.46. The first-order chi connectivity index (χ1) is 6.18. The summed E-state index contributed by atoms with van der Waals surface area (Å²) in [5.41, 5.74) is 1.01. The Morgan fingerprint density at radius 1 is 1.23 bits per heavy atom. The van der Waals surface area contributed by atoms with E-state index in [4.69, 9.17) is 12.2 Å². The summed E-state index contributed by atoms with van der Waals surface area (Å²) in [7, 11) is 0. The van der Waals surface area contributed by atoms with E-state index in [2.05, 4.69) is 24.5 Å². The summed E-state index contributed by atoms with van der Waals surface area (Å²) in [5, 5.41) is 6.87. The first kappa shape index (κ1) is 9.99. The third-order valence-corrected chi connectivity index (χ3v) is 1.67. The molecule has 2 nitrogen and oxygen atoms in total. The molecule has 0 saturated heterocycles. The maximum atomic E-state index is 5.09. The molecular weight excluding hydrogens is 180 g/mol. The number of hydrogen-bond acceptors (Lipinski definition) is 1. The van der Waals surface area contributed by atoms with Gasteiger partial charge in [-0.2, -0.15) is 0 Å². The second kappa shape index (κ2) is 4.82. The molecule has 0 atom stereocenters. The zero-order valence-corrected chi connectivity index (χ0v) is 8.69. The lowest BCUT2D eigenvalue weighted by Crippen LogP contribution is -2.33. The van der Waals surface area contributed by atoms with Crippen LogP contribution in [0.3, 0.4) is 0 Å². The predicted molar refractivity (Wildman–Crippen MR) is 60.9 cm³/mol. The number of thiocarbonyl (C=S) groups is 1. The zero-order valence-electron chi connectivity index (χ0n) is 7.87. The molecule has 0 unspecified atom stereocenters. The maximum Gasteiger partial charge on any atom is 0.170 e. The van der Waals surface area contributed by atoms with Crippen LogP contribution in [0.4, 0.5) is 5.69 Å². The molecule has 0 spiro atoms. The van der Waals surface area contributed by atoms with Crippen molar-refractivity contribution in [1.82, 2.24) is 5.32 Å². The SMILES string of the molecule is CC(C)NC(=S)Nc1ccccc1. The highest BCUT2D eigenvalue weighted by atomic mass is 32.1. The lowest BCUT2D eigenvalue weighted by Gasteiger charge is -2.12. The molecule has 1 aromatic carbocycles. The number of rotatable bonds is 2. The molecular formula is C10H14N2S. The van der Waals surface area contributed by atoms with Gasteiger partial charge in [-0.15, -0.1) is 0 Å². The normalized spacial score (nSPS) is 9.77. The van der Waals surface area contributed by atoms with Crippen molar-refractivity contribution in [3.8, 4) is 0 Å². The Morgan fingerprint density at radius 2 is 1.85 bits per heavy atom. The summed E-state index contributed by atoms with van der Waals surface area (Å²) in [6.07, 6.45) is 0. The summed E-state index contributed by atoms with van der Waals surface area (Å²) in [6.45, 7) is 4.11. The molecule has 2 N–H and O–H groups in total. The van der Waals surface area contributed by atoms with Gasteiger partial charge in [-0.3, -0.25) is 0 Å². The summed E-state index contributed by atoms with van der Waals surface area (Å²) < 4.78 is 0. The molecule has 0 bridgehead atoms. The van der Waals surface area contributed by atoms with Crippen LogP contribution in [0.1, 0.15) is 13.8 Å². The van der Waals surface area contributed by atoms with E-state index in [1.807, 2.05) is 30.3 Å². The molecule has 0 aliphatic heterocycles. The quantitative estimate of drug-likeness (QED) is 0.707. The molecule has 3 heteroatoms. The van der Waals surface area contributed by atoms with Crippen LogP contribution in [0, 0.1) is 0 Å². The smallest absolute Gasteiger partial charge is 0.170 e.